The number of aryl methyl sites for hydroxylation is 1. The Hall–Kier alpha value is -2.43. The van der Waals surface area contributed by atoms with Gasteiger partial charge < -0.3 is 21.1 Å². The van der Waals surface area contributed by atoms with Crippen LogP contribution in [0.25, 0.3) is 0 Å². The van der Waals surface area contributed by atoms with E-state index in [1.54, 1.807) is 7.11 Å². The highest BCUT2D eigenvalue weighted by Gasteiger charge is 2.14. The molecule has 5 heteroatoms. The summed E-state index contributed by atoms with van der Waals surface area (Å²) in [5, 5.41) is 6.92. The molecule has 5 nitrogen and oxygen atoms in total. The van der Waals surface area contributed by atoms with Crippen LogP contribution in [0.1, 0.15) is 45.2 Å². The first-order valence-corrected chi connectivity index (χ1v) is 9.02. The van der Waals surface area contributed by atoms with Crippen molar-refractivity contribution < 1.29 is 4.74 Å². The number of nitrogens with zero attached hydrogens (tertiary/aromatic N) is 1. The second-order valence-corrected chi connectivity index (χ2v) is 6.32. The van der Waals surface area contributed by atoms with Crippen LogP contribution in [0.3, 0.4) is 0 Å². The zero-order chi connectivity index (χ0) is 18.2. The molecule has 0 amide bonds. The van der Waals surface area contributed by atoms with Gasteiger partial charge in [-0.05, 0) is 38.0 Å². The molecule has 0 saturated heterocycles. The number of anilines is 4. The molecule has 0 aliphatic rings. The molecule has 0 unspecified atom stereocenters. The first-order chi connectivity index (χ1) is 12.1. The van der Waals surface area contributed by atoms with Crippen molar-refractivity contribution in [2.75, 3.05) is 23.5 Å². The summed E-state index contributed by atoms with van der Waals surface area (Å²) in [5.74, 6) is 1.41. The molecule has 2 aromatic rings. The van der Waals surface area contributed by atoms with Gasteiger partial charge in [0, 0.05) is 11.7 Å². The van der Waals surface area contributed by atoms with Crippen LogP contribution >= 0.6 is 0 Å². The summed E-state index contributed by atoms with van der Waals surface area (Å²) in [5.41, 5.74) is 9.74. The number of nitrogens with one attached hydrogen (secondary N) is 2. The van der Waals surface area contributed by atoms with Crippen molar-refractivity contribution >= 4 is 22.9 Å². The Morgan fingerprint density at radius 3 is 2.44 bits per heavy atom. The first kappa shape index (κ1) is 18.9. The van der Waals surface area contributed by atoms with Crippen molar-refractivity contribution in [3.63, 3.8) is 0 Å². The van der Waals surface area contributed by atoms with E-state index < -0.39 is 0 Å². The number of benzene rings is 1. The Morgan fingerprint density at radius 1 is 1.12 bits per heavy atom. The Kier molecular flexibility index (Phi) is 6.92. The average molecular weight is 342 g/mol. The molecule has 136 valence electrons. The maximum atomic E-state index is 6.40. The van der Waals surface area contributed by atoms with Crippen LogP contribution < -0.4 is 21.1 Å². The molecule has 0 aliphatic carbocycles. The van der Waals surface area contributed by atoms with E-state index >= 15 is 0 Å². The minimum Gasteiger partial charge on any atom is -0.495 e. The van der Waals surface area contributed by atoms with E-state index in [1.807, 2.05) is 37.3 Å². The smallest absolute Gasteiger partial charge is 0.156 e. The minimum atomic E-state index is 0.429. The molecule has 25 heavy (non-hydrogen) atoms. The number of nitrogens with two attached hydrogens (primary N) is 1. The maximum absolute atomic E-state index is 6.40. The number of para-hydroxylation sites is 2. The summed E-state index contributed by atoms with van der Waals surface area (Å²) in [4.78, 5) is 4.57. The summed E-state index contributed by atoms with van der Waals surface area (Å²) < 4.78 is 5.40. The Bertz CT molecular complexity index is 681. The van der Waals surface area contributed by atoms with E-state index in [2.05, 4.69) is 29.5 Å². The summed E-state index contributed by atoms with van der Waals surface area (Å²) >= 11 is 0. The lowest BCUT2D eigenvalue weighted by Gasteiger charge is -2.22. The van der Waals surface area contributed by atoms with E-state index in [1.165, 1.54) is 0 Å². The van der Waals surface area contributed by atoms with Crippen molar-refractivity contribution in [2.24, 2.45) is 0 Å². The second kappa shape index (κ2) is 9.16. The van der Waals surface area contributed by atoms with Crippen LogP contribution in [0, 0.1) is 6.92 Å². The fourth-order valence-electron chi connectivity index (χ4n) is 2.98. The molecule has 0 radical (unpaired) electrons. The second-order valence-electron chi connectivity index (χ2n) is 6.32. The van der Waals surface area contributed by atoms with Gasteiger partial charge in [-0.1, -0.05) is 38.8 Å². The quantitative estimate of drug-likeness (QED) is 0.591. The number of hydrogen-bond acceptors (Lipinski definition) is 5. The summed E-state index contributed by atoms with van der Waals surface area (Å²) in [6.07, 6.45) is 4.55. The van der Waals surface area contributed by atoms with Crippen LogP contribution in [-0.4, -0.2) is 18.1 Å². The van der Waals surface area contributed by atoms with Gasteiger partial charge in [0.05, 0.1) is 24.2 Å². The molecule has 0 fully saturated rings. The number of nitrogen functional groups attached to an aromatic ring is 1. The van der Waals surface area contributed by atoms with Crippen molar-refractivity contribution in [1.82, 2.24) is 4.98 Å². The molecule has 0 spiro atoms. The molecule has 0 saturated carbocycles. The monoisotopic (exact) mass is 342 g/mol. The zero-order valence-electron chi connectivity index (χ0n) is 15.7. The van der Waals surface area contributed by atoms with Gasteiger partial charge in [0.2, 0.25) is 0 Å². The normalized spacial score (nSPS) is 10.8. The zero-order valence-corrected chi connectivity index (χ0v) is 15.7. The van der Waals surface area contributed by atoms with Gasteiger partial charge in [-0.3, -0.25) is 0 Å². The van der Waals surface area contributed by atoms with Crippen LogP contribution in [0.5, 0.6) is 5.75 Å². The predicted octanol–water partition coefficient (Wildman–Crippen LogP) is 5.11. The Balaban J connectivity index is 2.29. The van der Waals surface area contributed by atoms with E-state index in [0.717, 1.165) is 48.5 Å². The predicted molar refractivity (Wildman–Crippen MR) is 107 cm³/mol. The number of hydrogen-bond donors (Lipinski definition) is 3. The summed E-state index contributed by atoms with van der Waals surface area (Å²) in [6, 6.07) is 10.2. The fraction of sp³-hybridized carbons (Fsp3) is 0.450. The van der Waals surface area contributed by atoms with Crippen LogP contribution in [0.2, 0.25) is 0 Å². The van der Waals surface area contributed by atoms with Gasteiger partial charge in [0.1, 0.15) is 5.75 Å². The highest BCUT2D eigenvalue weighted by Crippen LogP contribution is 2.33. The third-order valence-corrected chi connectivity index (χ3v) is 4.18. The number of aromatic nitrogens is 1. The molecule has 1 heterocycles. The third kappa shape index (κ3) is 5.02. The van der Waals surface area contributed by atoms with E-state index in [4.69, 9.17) is 10.5 Å². The molecule has 0 bridgehead atoms. The molecule has 1 aromatic carbocycles. The number of methoxy groups -OCH3 is 1. The van der Waals surface area contributed by atoms with Gasteiger partial charge in [-0.25, -0.2) is 4.98 Å². The fourth-order valence-corrected chi connectivity index (χ4v) is 2.98. The van der Waals surface area contributed by atoms with Gasteiger partial charge >= 0.3 is 0 Å². The lowest BCUT2D eigenvalue weighted by atomic mass is 10.1. The van der Waals surface area contributed by atoms with Crippen molar-refractivity contribution in [1.29, 1.82) is 0 Å². The topological polar surface area (TPSA) is 72.2 Å². The van der Waals surface area contributed by atoms with Gasteiger partial charge in [-0.15, -0.1) is 0 Å². The number of rotatable bonds is 9. The molecule has 4 N–H and O–H groups in total. The van der Waals surface area contributed by atoms with Crippen molar-refractivity contribution in [3.05, 3.63) is 36.0 Å². The van der Waals surface area contributed by atoms with Gasteiger partial charge in [0.25, 0.3) is 0 Å². The Labute approximate surface area is 151 Å². The summed E-state index contributed by atoms with van der Waals surface area (Å²) in [7, 11) is 1.65. The highest BCUT2D eigenvalue weighted by molar-refractivity contribution is 5.82. The number of pyridine rings is 1. The van der Waals surface area contributed by atoms with Crippen molar-refractivity contribution in [2.45, 2.75) is 52.5 Å². The first-order valence-electron chi connectivity index (χ1n) is 9.02. The van der Waals surface area contributed by atoms with Crippen LogP contribution in [0.4, 0.5) is 22.9 Å². The van der Waals surface area contributed by atoms with Crippen molar-refractivity contribution in [3.8, 4) is 5.75 Å². The molecule has 1 aromatic heterocycles. The number of ether oxygens (including phenoxy) is 1. The molecule has 2 rings (SSSR count). The molecular formula is C20H30N4O. The SMILES string of the molecule is CCCC(CCC)Nc1cc(C)nc(Nc2ccccc2OC)c1N. The van der Waals surface area contributed by atoms with E-state index in [0.29, 0.717) is 17.5 Å². The average Bonchev–Trinajstić information content (AvgIpc) is 2.60. The standard InChI is InChI=1S/C20H30N4O/c1-5-9-15(10-6-2)23-17-13-14(3)22-20(19(17)21)24-16-11-7-8-12-18(16)25-4/h7-8,11-13,15H,5-6,9-10,21H2,1-4H3,(H2,22,23,24). The maximum Gasteiger partial charge on any atom is 0.156 e. The van der Waals surface area contributed by atoms with Crippen LogP contribution in [-0.2, 0) is 0 Å². The molecule has 0 aliphatic heterocycles. The minimum absolute atomic E-state index is 0.429. The van der Waals surface area contributed by atoms with Gasteiger partial charge in [0.15, 0.2) is 5.82 Å². The largest absolute Gasteiger partial charge is 0.495 e. The Morgan fingerprint density at radius 2 is 1.80 bits per heavy atom. The third-order valence-electron chi connectivity index (χ3n) is 4.18. The lowest BCUT2D eigenvalue weighted by molar-refractivity contribution is 0.417. The summed E-state index contributed by atoms with van der Waals surface area (Å²) in [6.45, 7) is 6.40. The van der Waals surface area contributed by atoms with E-state index in [-0.39, 0.29) is 0 Å². The van der Waals surface area contributed by atoms with Crippen LogP contribution in [0.15, 0.2) is 30.3 Å². The van der Waals surface area contributed by atoms with Gasteiger partial charge in [-0.2, -0.15) is 0 Å². The lowest BCUT2D eigenvalue weighted by Crippen LogP contribution is -2.20. The van der Waals surface area contributed by atoms with E-state index in [9.17, 15) is 0 Å². The molecule has 0 atom stereocenters. The molecular weight excluding hydrogens is 312 g/mol. The highest BCUT2D eigenvalue weighted by atomic mass is 16.5.